The Kier molecular flexibility index (Phi) is 4.25. The molecule has 0 aliphatic carbocycles. The number of nitrogens with one attached hydrogen (secondary N) is 2. The Morgan fingerprint density at radius 3 is 2.11 bits per heavy atom. The summed E-state index contributed by atoms with van der Waals surface area (Å²) in [5, 5.41) is 4.80. The molecule has 96 valence electrons. The Morgan fingerprint density at radius 1 is 1.11 bits per heavy atom. The topological polar surface area (TPSA) is 127 Å². The number of nitrogens with two attached hydrogens (primary N) is 2. The van der Waals surface area contributed by atoms with Crippen molar-refractivity contribution in [3.8, 4) is 0 Å². The first-order valence-electron chi connectivity index (χ1n) is 5.17. The number of hydrogen-bond acceptors (Lipinski definition) is 3. The molecule has 0 aliphatic rings. The predicted octanol–water partition coefficient (Wildman–Crippen LogP) is -0.219. The number of urea groups is 1. The summed E-state index contributed by atoms with van der Waals surface area (Å²) in [7, 11) is 0. The van der Waals surface area contributed by atoms with E-state index < -0.39 is 23.9 Å². The summed E-state index contributed by atoms with van der Waals surface area (Å²) >= 11 is 0. The highest BCUT2D eigenvalue weighted by atomic mass is 16.2. The second-order valence-corrected chi connectivity index (χ2v) is 3.66. The van der Waals surface area contributed by atoms with Crippen molar-refractivity contribution < 1.29 is 14.4 Å². The van der Waals surface area contributed by atoms with Crippen LogP contribution in [0.1, 0.15) is 17.3 Å². The summed E-state index contributed by atoms with van der Waals surface area (Å²) in [6, 6.07) is 4.53. The Bertz CT molecular complexity index is 470. The van der Waals surface area contributed by atoms with Gasteiger partial charge in [-0.25, -0.2) is 4.79 Å². The Labute approximate surface area is 104 Å². The number of rotatable bonds is 4. The van der Waals surface area contributed by atoms with Crippen LogP contribution in [0.5, 0.6) is 0 Å². The molecule has 1 aromatic rings. The number of hydrogen-bond donors (Lipinski definition) is 4. The molecule has 0 heterocycles. The maximum Gasteiger partial charge on any atom is 0.312 e. The standard InChI is InChI=1S/C11H14N4O3/c1-6(14-11(13)18)10(17)15-8-4-2-7(3-5-8)9(12)16/h2-6H,1H3,(H2,12,16)(H,15,17)(H3,13,14,18)/t6-/m1/s1. The molecule has 0 saturated heterocycles. The van der Waals surface area contributed by atoms with Crippen LogP contribution < -0.4 is 22.1 Å². The average Bonchev–Trinajstić information content (AvgIpc) is 2.28. The number of carbonyl (C=O) groups excluding carboxylic acids is 3. The number of primary amides is 2. The van der Waals surface area contributed by atoms with E-state index in [4.69, 9.17) is 11.5 Å². The van der Waals surface area contributed by atoms with E-state index in [-0.39, 0.29) is 0 Å². The zero-order chi connectivity index (χ0) is 13.7. The second-order valence-electron chi connectivity index (χ2n) is 3.66. The summed E-state index contributed by atoms with van der Waals surface area (Å²) in [5.74, 6) is -0.961. The molecule has 7 heteroatoms. The van der Waals surface area contributed by atoms with E-state index in [1.54, 1.807) is 0 Å². The lowest BCUT2D eigenvalue weighted by Crippen LogP contribution is -2.44. The zero-order valence-corrected chi connectivity index (χ0v) is 9.77. The minimum Gasteiger partial charge on any atom is -0.366 e. The fourth-order valence-electron chi connectivity index (χ4n) is 1.25. The van der Waals surface area contributed by atoms with E-state index in [0.29, 0.717) is 11.3 Å². The summed E-state index contributed by atoms with van der Waals surface area (Å²) < 4.78 is 0. The summed E-state index contributed by atoms with van der Waals surface area (Å²) in [5.41, 5.74) is 10.8. The summed E-state index contributed by atoms with van der Waals surface area (Å²) in [6.45, 7) is 1.50. The molecule has 7 nitrogen and oxygen atoms in total. The van der Waals surface area contributed by atoms with Crippen molar-refractivity contribution in [2.45, 2.75) is 13.0 Å². The molecule has 18 heavy (non-hydrogen) atoms. The minimum absolute atomic E-state index is 0.344. The minimum atomic E-state index is -0.776. The van der Waals surface area contributed by atoms with Gasteiger partial charge in [-0.2, -0.15) is 0 Å². The number of amides is 4. The molecule has 6 N–H and O–H groups in total. The van der Waals surface area contributed by atoms with Gasteiger partial charge in [0.05, 0.1) is 0 Å². The van der Waals surface area contributed by atoms with E-state index in [1.807, 2.05) is 0 Å². The van der Waals surface area contributed by atoms with Gasteiger partial charge in [0.25, 0.3) is 0 Å². The maximum atomic E-state index is 11.6. The molecule has 0 unspecified atom stereocenters. The van der Waals surface area contributed by atoms with E-state index in [2.05, 4.69) is 10.6 Å². The molecule has 0 fully saturated rings. The second kappa shape index (κ2) is 5.67. The lowest BCUT2D eigenvalue weighted by molar-refractivity contribution is -0.117. The lowest BCUT2D eigenvalue weighted by Gasteiger charge is -2.12. The third-order valence-corrected chi connectivity index (χ3v) is 2.19. The molecule has 1 aromatic carbocycles. The lowest BCUT2D eigenvalue weighted by atomic mass is 10.2. The zero-order valence-electron chi connectivity index (χ0n) is 9.77. The number of carbonyl (C=O) groups is 3. The summed E-state index contributed by atoms with van der Waals surface area (Å²) in [6.07, 6.45) is 0. The Balaban J connectivity index is 2.64. The number of anilines is 1. The Hall–Kier alpha value is -2.57. The van der Waals surface area contributed by atoms with Crippen molar-refractivity contribution in [1.29, 1.82) is 0 Å². The number of benzene rings is 1. The van der Waals surface area contributed by atoms with E-state index in [9.17, 15) is 14.4 Å². The van der Waals surface area contributed by atoms with Crippen LogP contribution in [0.3, 0.4) is 0 Å². The van der Waals surface area contributed by atoms with Crippen LogP contribution in [0.2, 0.25) is 0 Å². The van der Waals surface area contributed by atoms with Gasteiger partial charge in [-0.05, 0) is 31.2 Å². The molecule has 1 atom stereocenters. The van der Waals surface area contributed by atoms with Crippen molar-refractivity contribution in [2.75, 3.05) is 5.32 Å². The Morgan fingerprint density at radius 2 is 1.67 bits per heavy atom. The highest BCUT2D eigenvalue weighted by molar-refractivity contribution is 5.97. The largest absolute Gasteiger partial charge is 0.366 e. The first-order valence-corrected chi connectivity index (χ1v) is 5.17. The summed E-state index contributed by atoms with van der Waals surface area (Å²) in [4.78, 5) is 33.0. The van der Waals surface area contributed by atoms with Crippen LogP contribution in [0.25, 0.3) is 0 Å². The fraction of sp³-hybridized carbons (Fsp3) is 0.182. The monoisotopic (exact) mass is 250 g/mol. The van der Waals surface area contributed by atoms with Gasteiger partial charge in [-0.15, -0.1) is 0 Å². The van der Waals surface area contributed by atoms with Crippen molar-refractivity contribution in [2.24, 2.45) is 11.5 Å². The van der Waals surface area contributed by atoms with Crippen molar-refractivity contribution in [3.63, 3.8) is 0 Å². The molecule has 0 saturated carbocycles. The fourth-order valence-corrected chi connectivity index (χ4v) is 1.25. The third-order valence-electron chi connectivity index (χ3n) is 2.19. The first kappa shape index (κ1) is 13.5. The van der Waals surface area contributed by atoms with Crippen LogP contribution >= 0.6 is 0 Å². The highest BCUT2D eigenvalue weighted by Crippen LogP contribution is 2.09. The molecule has 0 radical (unpaired) electrons. The van der Waals surface area contributed by atoms with Gasteiger partial charge in [0.1, 0.15) is 6.04 Å². The van der Waals surface area contributed by atoms with Gasteiger partial charge in [0.15, 0.2) is 0 Å². The smallest absolute Gasteiger partial charge is 0.312 e. The molecule has 0 spiro atoms. The van der Waals surface area contributed by atoms with Crippen molar-refractivity contribution in [3.05, 3.63) is 29.8 Å². The van der Waals surface area contributed by atoms with Crippen molar-refractivity contribution >= 4 is 23.5 Å². The van der Waals surface area contributed by atoms with E-state index in [1.165, 1.54) is 31.2 Å². The van der Waals surface area contributed by atoms with E-state index in [0.717, 1.165) is 0 Å². The van der Waals surface area contributed by atoms with Gasteiger partial charge >= 0.3 is 6.03 Å². The third kappa shape index (κ3) is 3.78. The van der Waals surface area contributed by atoms with Crippen molar-refractivity contribution in [1.82, 2.24) is 5.32 Å². The van der Waals surface area contributed by atoms with Gasteiger partial charge in [0.2, 0.25) is 11.8 Å². The van der Waals surface area contributed by atoms with Crippen LogP contribution in [0.15, 0.2) is 24.3 Å². The average molecular weight is 250 g/mol. The van der Waals surface area contributed by atoms with Gasteiger partial charge in [-0.1, -0.05) is 0 Å². The van der Waals surface area contributed by atoms with Crippen LogP contribution in [0, 0.1) is 0 Å². The SMILES string of the molecule is C[C@@H](NC(N)=O)C(=O)Nc1ccc(C(N)=O)cc1. The molecule has 4 amide bonds. The molecular weight excluding hydrogens is 236 g/mol. The highest BCUT2D eigenvalue weighted by Gasteiger charge is 2.13. The van der Waals surface area contributed by atoms with E-state index >= 15 is 0 Å². The normalized spacial score (nSPS) is 11.4. The maximum absolute atomic E-state index is 11.6. The van der Waals surface area contributed by atoms with Gasteiger partial charge in [0, 0.05) is 11.3 Å². The van der Waals surface area contributed by atoms with Crippen LogP contribution in [-0.4, -0.2) is 23.9 Å². The van der Waals surface area contributed by atoms with Crippen LogP contribution in [-0.2, 0) is 4.79 Å². The molecule has 1 rings (SSSR count). The molecule has 0 aromatic heterocycles. The van der Waals surface area contributed by atoms with Crippen LogP contribution in [0.4, 0.5) is 10.5 Å². The molecule has 0 bridgehead atoms. The molecular formula is C11H14N4O3. The quantitative estimate of drug-likeness (QED) is 0.589. The van der Waals surface area contributed by atoms with Gasteiger partial charge in [-0.3, -0.25) is 9.59 Å². The van der Waals surface area contributed by atoms with Gasteiger partial charge < -0.3 is 22.1 Å². The predicted molar refractivity (Wildman–Crippen MR) is 65.8 cm³/mol. The molecule has 0 aliphatic heterocycles. The first-order chi connectivity index (χ1) is 8.40.